The van der Waals surface area contributed by atoms with Crippen LogP contribution in [0.1, 0.15) is 31.9 Å². The molecule has 0 heterocycles. The molecule has 0 radical (unpaired) electrons. The number of aryl methyl sites for hydroxylation is 2. The third kappa shape index (κ3) is 5.30. The number of nitrogens with one attached hydrogen (secondary N) is 2. The molecule has 6 nitrogen and oxygen atoms in total. The van der Waals surface area contributed by atoms with Gasteiger partial charge < -0.3 is 10.1 Å². The van der Waals surface area contributed by atoms with E-state index in [4.69, 9.17) is 4.74 Å². The molecule has 0 spiro atoms. The van der Waals surface area contributed by atoms with E-state index in [2.05, 4.69) is 10.0 Å². The number of para-hydroxylation sites is 1. The molecule has 0 aliphatic rings. The minimum Gasteiger partial charge on any atom is -0.494 e. The van der Waals surface area contributed by atoms with Gasteiger partial charge in [-0.05, 0) is 62.6 Å². The maximum absolute atomic E-state index is 12.6. The number of carbonyl (C=O) groups is 1. The smallest absolute Gasteiger partial charge is 0.242 e. The Balaban J connectivity index is 2.12. The molecule has 1 amide bonds. The molecule has 0 unspecified atom stereocenters. The van der Waals surface area contributed by atoms with Crippen LogP contribution in [0.2, 0.25) is 0 Å². The lowest BCUT2D eigenvalue weighted by atomic mass is 10.1. The van der Waals surface area contributed by atoms with E-state index < -0.39 is 22.0 Å². The van der Waals surface area contributed by atoms with Crippen molar-refractivity contribution in [2.75, 3.05) is 11.9 Å². The van der Waals surface area contributed by atoms with Crippen LogP contribution >= 0.6 is 0 Å². The third-order valence-corrected chi connectivity index (χ3v) is 5.68. The summed E-state index contributed by atoms with van der Waals surface area (Å²) in [5.74, 6) is 0.223. The van der Waals surface area contributed by atoms with Crippen molar-refractivity contribution in [1.29, 1.82) is 0 Å². The van der Waals surface area contributed by atoms with Crippen molar-refractivity contribution in [1.82, 2.24) is 4.72 Å². The first-order valence-corrected chi connectivity index (χ1v) is 10.4. The Morgan fingerprint density at radius 2 is 1.85 bits per heavy atom. The number of amides is 1. The summed E-state index contributed by atoms with van der Waals surface area (Å²) in [6.07, 6.45) is 0.766. The second-order valence-electron chi connectivity index (χ2n) is 6.20. The average Bonchev–Trinajstić information content (AvgIpc) is 2.63. The topological polar surface area (TPSA) is 84.5 Å². The van der Waals surface area contributed by atoms with E-state index in [0.29, 0.717) is 23.6 Å². The molecule has 0 aliphatic heterocycles. The van der Waals surface area contributed by atoms with E-state index in [1.165, 1.54) is 19.1 Å². The maximum atomic E-state index is 12.6. The number of sulfonamides is 1. The Morgan fingerprint density at radius 1 is 1.15 bits per heavy atom. The number of anilines is 1. The van der Waals surface area contributed by atoms with E-state index in [1.54, 1.807) is 19.1 Å². The summed E-state index contributed by atoms with van der Waals surface area (Å²) >= 11 is 0. The van der Waals surface area contributed by atoms with Gasteiger partial charge in [0.2, 0.25) is 15.9 Å². The highest BCUT2D eigenvalue weighted by atomic mass is 32.2. The third-order valence-electron chi connectivity index (χ3n) is 4.14. The monoisotopic (exact) mass is 390 g/mol. The van der Waals surface area contributed by atoms with Crippen LogP contribution in [0, 0.1) is 6.92 Å². The molecule has 0 fully saturated rings. The highest BCUT2D eigenvalue weighted by Crippen LogP contribution is 2.22. The van der Waals surface area contributed by atoms with E-state index in [0.717, 1.165) is 12.0 Å². The number of benzene rings is 2. The molecule has 2 aromatic carbocycles. The summed E-state index contributed by atoms with van der Waals surface area (Å²) in [7, 11) is -3.83. The molecule has 0 bridgehead atoms. The molecule has 7 heteroatoms. The molecule has 2 N–H and O–H groups in total. The number of hydrogen-bond donors (Lipinski definition) is 2. The SMILES string of the molecule is CCOc1ccc(S(=O)(=O)N[C@@H](C)C(=O)Nc2ccccc2CC)cc1C. The van der Waals surface area contributed by atoms with E-state index >= 15 is 0 Å². The van der Waals surface area contributed by atoms with Crippen molar-refractivity contribution in [2.24, 2.45) is 0 Å². The average molecular weight is 391 g/mol. The summed E-state index contributed by atoms with van der Waals surface area (Å²) in [4.78, 5) is 12.5. The number of ether oxygens (including phenoxy) is 1. The van der Waals surface area contributed by atoms with Crippen LogP contribution in [0.25, 0.3) is 0 Å². The van der Waals surface area contributed by atoms with Gasteiger partial charge in [-0.2, -0.15) is 4.72 Å². The zero-order valence-electron chi connectivity index (χ0n) is 16.1. The quantitative estimate of drug-likeness (QED) is 0.725. The van der Waals surface area contributed by atoms with Gasteiger partial charge in [0.1, 0.15) is 5.75 Å². The Labute approximate surface area is 161 Å². The van der Waals surface area contributed by atoms with Crippen LogP contribution in [0.3, 0.4) is 0 Å². The fourth-order valence-electron chi connectivity index (χ4n) is 2.65. The van der Waals surface area contributed by atoms with Crippen LogP contribution in [-0.2, 0) is 21.2 Å². The van der Waals surface area contributed by atoms with Gasteiger partial charge in [0.05, 0.1) is 17.5 Å². The van der Waals surface area contributed by atoms with Crippen LogP contribution in [0.5, 0.6) is 5.75 Å². The normalized spacial score (nSPS) is 12.4. The Morgan fingerprint density at radius 3 is 2.48 bits per heavy atom. The highest BCUT2D eigenvalue weighted by molar-refractivity contribution is 7.89. The van der Waals surface area contributed by atoms with Gasteiger partial charge in [-0.15, -0.1) is 0 Å². The molecule has 27 heavy (non-hydrogen) atoms. The molecule has 1 atom stereocenters. The Kier molecular flexibility index (Phi) is 6.98. The van der Waals surface area contributed by atoms with Gasteiger partial charge in [0.15, 0.2) is 0 Å². The maximum Gasteiger partial charge on any atom is 0.242 e. The lowest BCUT2D eigenvalue weighted by molar-refractivity contribution is -0.117. The van der Waals surface area contributed by atoms with E-state index in [-0.39, 0.29) is 4.90 Å². The van der Waals surface area contributed by atoms with Gasteiger partial charge >= 0.3 is 0 Å². The summed E-state index contributed by atoms with van der Waals surface area (Å²) in [6, 6.07) is 11.1. The standard InChI is InChI=1S/C20H26N2O4S/c1-5-16-9-7-8-10-18(16)21-20(23)15(4)22-27(24,25)17-11-12-19(26-6-2)14(3)13-17/h7-13,15,22H,5-6H2,1-4H3,(H,21,23)/t15-/m0/s1. The summed E-state index contributed by atoms with van der Waals surface area (Å²) in [6.45, 7) is 7.65. The second kappa shape index (κ2) is 9.01. The second-order valence-corrected chi connectivity index (χ2v) is 7.92. The van der Waals surface area contributed by atoms with Gasteiger partial charge in [0.25, 0.3) is 0 Å². The zero-order valence-corrected chi connectivity index (χ0v) is 16.9. The molecule has 0 aliphatic carbocycles. The molecular formula is C20H26N2O4S. The molecule has 0 aromatic heterocycles. The minimum absolute atomic E-state index is 0.0945. The molecular weight excluding hydrogens is 364 g/mol. The summed E-state index contributed by atoms with van der Waals surface area (Å²) in [5, 5.41) is 2.79. The molecule has 2 rings (SSSR count). The molecule has 0 saturated carbocycles. The first-order valence-electron chi connectivity index (χ1n) is 8.93. The number of rotatable bonds is 8. The zero-order chi connectivity index (χ0) is 20.0. The Hall–Kier alpha value is -2.38. The lowest BCUT2D eigenvalue weighted by Gasteiger charge is -2.16. The predicted molar refractivity (Wildman–Crippen MR) is 107 cm³/mol. The van der Waals surface area contributed by atoms with Crippen molar-refractivity contribution in [2.45, 2.75) is 45.1 Å². The largest absolute Gasteiger partial charge is 0.494 e. The van der Waals surface area contributed by atoms with E-state index in [9.17, 15) is 13.2 Å². The fourth-order valence-corrected chi connectivity index (χ4v) is 3.94. The highest BCUT2D eigenvalue weighted by Gasteiger charge is 2.23. The number of carbonyl (C=O) groups excluding carboxylic acids is 1. The summed E-state index contributed by atoms with van der Waals surface area (Å²) in [5.41, 5.74) is 2.39. The molecule has 0 saturated heterocycles. The first kappa shape index (κ1) is 20.9. The van der Waals surface area contributed by atoms with Crippen LogP contribution in [0.4, 0.5) is 5.69 Å². The van der Waals surface area contributed by atoms with Crippen molar-refractivity contribution in [3.63, 3.8) is 0 Å². The van der Waals surface area contributed by atoms with Crippen LogP contribution in [0.15, 0.2) is 47.4 Å². The molecule has 2 aromatic rings. The molecule has 146 valence electrons. The Bertz CT molecular complexity index is 910. The lowest BCUT2D eigenvalue weighted by Crippen LogP contribution is -2.41. The first-order chi connectivity index (χ1) is 12.8. The van der Waals surface area contributed by atoms with Crippen molar-refractivity contribution in [3.05, 3.63) is 53.6 Å². The van der Waals surface area contributed by atoms with Gasteiger partial charge in [-0.25, -0.2) is 8.42 Å². The van der Waals surface area contributed by atoms with Crippen LogP contribution in [-0.4, -0.2) is 27.0 Å². The van der Waals surface area contributed by atoms with Crippen molar-refractivity contribution in [3.8, 4) is 5.75 Å². The van der Waals surface area contributed by atoms with Crippen molar-refractivity contribution < 1.29 is 17.9 Å². The van der Waals surface area contributed by atoms with Gasteiger partial charge in [0, 0.05) is 5.69 Å². The van der Waals surface area contributed by atoms with Gasteiger partial charge in [-0.1, -0.05) is 25.1 Å². The number of hydrogen-bond acceptors (Lipinski definition) is 4. The minimum atomic E-state index is -3.83. The fraction of sp³-hybridized carbons (Fsp3) is 0.350. The summed E-state index contributed by atoms with van der Waals surface area (Å²) < 4.78 is 33.1. The van der Waals surface area contributed by atoms with E-state index in [1.807, 2.05) is 32.0 Å². The van der Waals surface area contributed by atoms with Gasteiger partial charge in [-0.3, -0.25) is 4.79 Å². The van der Waals surface area contributed by atoms with Crippen molar-refractivity contribution >= 4 is 21.6 Å². The predicted octanol–water partition coefficient (Wildman–Crippen LogP) is 3.26. The van der Waals surface area contributed by atoms with Crippen LogP contribution < -0.4 is 14.8 Å².